The van der Waals surface area contributed by atoms with Crippen molar-refractivity contribution in [3.63, 3.8) is 0 Å². The quantitative estimate of drug-likeness (QED) is 0.102. The van der Waals surface area contributed by atoms with Crippen LogP contribution in [-0.4, -0.2) is 0 Å². The van der Waals surface area contributed by atoms with Crippen molar-refractivity contribution in [3.05, 3.63) is 290 Å². The molecule has 0 aliphatic carbocycles. The zero-order chi connectivity index (χ0) is 60.8. The average molecular weight is 1160 g/mol. The second-order valence-corrected chi connectivity index (χ2v) is 25.6. The van der Waals surface area contributed by atoms with Crippen molar-refractivity contribution in [1.29, 1.82) is 0 Å². The van der Waals surface area contributed by atoms with Gasteiger partial charge in [-0.2, -0.15) is 0 Å². The zero-order valence-electron chi connectivity index (χ0n) is 51.7. The summed E-state index contributed by atoms with van der Waals surface area (Å²) in [6.45, 7) is 13.8. The minimum atomic E-state index is -0.106. The lowest BCUT2D eigenvalue weighted by Crippen LogP contribution is -2.15. The zero-order valence-corrected chi connectivity index (χ0v) is 51.7. The Morgan fingerprint density at radius 3 is 0.911 bits per heavy atom. The van der Waals surface area contributed by atoms with Gasteiger partial charge in [-0.3, -0.25) is 0 Å². The standard InChI is InChI=1S/C86H68N2O2/c1-7-85(3,4)73-37-21-33-67-69-35-23-39-77(83(69)89-81(67)73)87(65-51-61(55-25-13-9-14-26-55)49-62(52-65)56-27-15-10-16-28-56)75-47-43-59-42-46-72-76(48-44-60-41-45-71(75)79(59)80(60)72)88(66-53-63(57-29-17-11-18-30-57)50-64(54-66)58-31-19-12-20-32-58)78-40-24-36-70-68-34-22-38-74(86(5,6)8-2)82(68)90-84(70)78/h9-54H,7-8H2,1-6H3. The smallest absolute Gasteiger partial charge is 0.159 e. The molecule has 0 saturated carbocycles. The average Bonchev–Trinajstić information content (AvgIpc) is 0.841. The minimum Gasteiger partial charge on any atom is -0.454 e. The third-order valence-electron chi connectivity index (χ3n) is 19.6. The molecule has 0 unspecified atom stereocenters. The van der Waals surface area contributed by atoms with Crippen LogP contribution in [0.4, 0.5) is 34.1 Å². The Morgan fingerprint density at radius 1 is 0.267 bits per heavy atom. The van der Waals surface area contributed by atoms with E-state index < -0.39 is 0 Å². The summed E-state index contributed by atoms with van der Waals surface area (Å²) in [5.41, 5.74) is 20.9. The third-order valence-corrected chi connectivity index (χ3v) is 19.6. The Kier molecular flexibility index (Phi) is 13.1. The predicted octanol–water partition coefficient (Wildman–Crippen LogP) is 25.4. The highest BCUT2D eigenvalue weighted by Crippen LogP contribution is 2.53. The second-order valence-electron chi connectivity index (χ2n) is 25.6. The third kappa shape index (κ3) is 9.03. The molecule has 434 valence electrons. The maximum absolute atomic E-state index is 7.40. The van der Waals surface area contributed by atoms with Crippen LogP contribution in [0.25, 0.3) is 121 Å². The predicted molar refractivity (Wildman–Crippen MR) is 382 cm³/mol. The Labute approximate surface area is 525 Å². The van der Waals surface area contributed by atoms with E-state index in [1.807, 2.05) is 0 Å². The topological polar surface area (TPSA) is 32.8 Å². The number of furan rings is 2. The fourth-order valence-corrected chi connectivity index (χ4v) is 14.1. The van der Waals surface area contributed by atoms with Gasteiger partial charge in [-0.15, -0.1) is 0 Å². The maximum Gasteiger partial charge on any atom is 0.159 e. The van der Waals surface area contributed by atoms with Gasteiger partial charge in [0.25, 0.3) is 0 Å². The van der Waals surface area contributed by atoms with Gasteiger partial charge in [0.2, 0.25) is 0 Å². The summed E-state index contributed by atoms with van der Waals surface area (Å²) < 4.78 is 14.8. The molecule has 90 heavy (non-hydrogen) atoms. The number of hydrogen-bond acceptors (Lipinski definition) is 4. The Bertz CT molecular complexity index is 4930. The van der Waals surface area contributed by atoms with Crippen molar-refractivity contribution < 1.29 is 8.83 Å². The molecular weight excluding hydrogens is 1090 g/mol. The number of rotatable bonds is 14. The maximum atomic E-state index is 7.40. The SMILES string of the molecule is CCC(C)(C)c1cccc2c1oc1c(N(c3cc(-c4ccccc4)cc(-c4ccccc4)c3)c3ccc4ccc5c(N(c6cc(-c7ccccc7)cc(-c7ccccc7)c6)c6cccc7c6oc6c(C(C)(C)CC)cccc67)ccc6ccc3c4c65)cccc12. The lowest BCUT2D eigenvalue weighted by molar-refractivity contribution is 0.500. The monoisotopic (exact) mass is 1160 g/mol. The van der Waals surface area contributed by atoms with Crippen LogP contribution in [0.5, 0.6) is 0 Å². The summed E-state index contributed by atoms with van der Waals surface area (Å²) in [7, 11) is 0. The van der Waals surface area contributed by atoms with Crippen molar-refractivity contribution in [2.45, 2.75) is 65.2 Å². The van der Waals surface area contributed by atoms with E-state index in [0.29, 0.717) is 0 Å². The van der Waals surface area contributed by atoms with Crippen LogP contribution < -0.4 is 9.80 Å². The molecule has 0 bridgehead atoms. The Morgan fingerprint density at radius 2 is 0.578 bits per heavy atom. The molecule has 16 rings (SSSR count). The lowest BCUT2D eigenvalue weighted by atomic mass is 9.81. The number of fused-ring (bicyclic) bond motifs is 6. The Balaban J connectivity index is 0.988. The second kappa shape index (κ2) is 21.6. The van der Waals surface area contributed by atoms with Crippen LogP contribution in [-0.2, 0) is 10.8 Å². The highest BCUT2D eigenvalue weighted by atomic mass is 16.3. The van der Waals surface area contributed by atoms with Crippen LogP contribution >= 0.6 is 0 Å². The summed E-state index contributed by atoms with van der Waals surface area (Å²) in [5, 5.41) is 11.4. The summed E-state index contributed by atoms with van der Waals surface area (Å²) in [5.74, 6) is 0. The van der Waals surface area contributed by atoms with Gasteiger partial charge in [0.05, 0.1) is 22.7 Å². The van der Waals surface area contributed by atoms with E-state index in [4.69, 9.17) is 8.83 Å². The van der Waals surface area contributed by atoms with Gasteiger partial charge in [0, 0.05) is 54.8 Å². The largest absolute Gasteiger partial charge is 0.454 e. The lowest BCUT2D eigenvalue weighted by Gasteiger charge is -2.30. The molecule has 0 atom stereocenters. The van der Waals surface area contributed by atoms with Crippen molar-refractivity contribution >= 4 is 110 Å². The highest BCUT2D eigenvalue weighted by Gasteiger charge is 2.30. The van der Waals surface area contributed by atoms with Gasteiger partial charge in [0.1, 0.15) is 11.2 Å². The van der Waals surface area contributed by atoms with E-state index in [0.717, 1.165) is 157 Å². The van der Waals surface area contributed by atoms with Crippen LogP contribution in [0.15, 0.2) is 288 Å². The fraction of sp³-hybridized carbons (Fsp3) is 0.116. The molecule has 0 amide bonds. The first-order valence-corrected chi connectivity index (χ1v) is 31.8. The number of anilines is 6. The highest BCUT2D eigenvalue weighted by molar-refractivity contribution is 6.29. The molecule has 0 aliphatic rings. The molecule has 2 heterocycles. The Hall–Kier alpha value is -10.7. The molecule has 14 aromatic carbocycles. The molecule has 0 N–H and O–H groups in total. The van der Waals surface area contributed by atoms with E-state index in [2.05, 4.69) is 330 Å². The molecule has 4 nitrogen and oxygen atoms in total. The number of nitrogens with zero attached hydrogens (tertiary/aromatic N) is 2. The molecule has 16 aromatic rings. The molecule has 2 aromatic heterocycles. The number of hydrogen-bond donors (Lipinski definition) is 0. The minimum absolute atomic E-state index is 0.106. The molecule has 0 saturated heterocycles. The molecule has 4 heteroatoms. The number of benzene rings is 14. The number of para-hydroxylation sites is 4. The van der Waals surface area contributed by atoms with Crippen molar-refractivity contribution in [2.75, 3.05) is 9.80 Å². The van der Waals surface area contributed by atoms with Gasteiger partial charge in [-0.05, 0) is 150 Å². The molecule has 0 spiro atoms. The van der Waals surface area contributed by atoms with Crippen LogP contribution in [0.3, 0.4) is 0 Å². The first kappa shape index (κ1) is 54.7. The van der Waals surface area contributed by atoms with Gasteiger partial charge < -0.3 is 18.6 Å². The summed E-state index contributed by atoms with van der Waals surface area (Å²) in [4.78, 5) is 4.95. The van der Waals surface area contributed by atoms with E-state index >= 15 is 0 Å². The van der Waals surface area contributed by atoms with Gasteiger partial charge in [-0.1, -0.05) is 260 Å². The van der Waals surface area contributed by atoms with Gasteiger partial charge >= 0.3 is 0 Å². The van der Waals surface area contributed by atoms with Gasteiger partial charge in [-0.25, -0.2) is 0 Å². The van der Waals surface area contributed by atoms with Gasteiger partial charge in [0.15, 0.2) is 11.2 Å². The first-order valence-electron chi connectivity index (χ1n) is 31.8. The first-order chi connectivity index (χ1) is 44.0. The van der Waals surface area contributed by atoms with Crippen LogP contribution in [0, 0.1) is 0 Å². The summed E-state index contributed by atoms with van der Waals surface area (Å²) in [6.07, 6.45) is 1.95. The van der Waals surface area contributed by atoms with E-state index in [1.54, 1.807) is 0 Å². The van der Waals surface area contributed by atoms with Crippen molar-refractivity contribution in [2.24, 2.45) is 0 Å². The molecule has 0 fully saturated rings. The van der Waals surface area contributed by atoms with Crippen molar-refractivity contribution in [3.8, 4) is 44.5 Å². The van der Waals surface area contributed by atoms with Crippen LogP contribution in [0.1, 0.15) is 65.5 Å². The molecule has 0 radical (unpaired) electrons. The summed E-state index contributed by atoms with van der Waals surface area (Å²) in [6, 6.07) is 103. The molecule has 0 aliphatic heterocycles. The summed E-state index contributed by atoms with van der Waals surface area (Å²) >= 11 is 0. The van der Waals surface area contributed by atoms with E-state index in [-0.39, 0.29) is 10.8 Å². The molecular formula is C86H68N2O2. The normalized spacial score (nSPS) is 12.2. The van der Waals surface area contributed by atoms with E-state index in [1.165, 1.54) is 21.9 Å². The van der Waals surface area contributed by atoms with Crippen LogP contribution in [0.2, 0.25) is 0 Å². The fourth-order valence-electron chi connectivity index (χ4n) is 14.1. The van der Waals surface area contributed by atoms with E-state index in [9.17, 15) is 0 Å². The van der Waals surface area contributed by atoms with Crippen molar-refractivity contribution in [1.82, 2.24) is 0 Å².